The van der Waals surface area contributed by atoms with Gasteiger partial charge < -0.3 is 20.9 Å². The lowest BCUT2D eigenvalue weighted by Gasteiger charge is -2.40. The van der Waals surface area contributed by atoms with Crippen LogP contribution in [-0.4, -0.2) is 65.1 Å². The number of nitrogens with zero attached hydrogens (tertiary/aromatic N) is 2. The van der Waals surface area contributed by atoms with Crippen LogP contribution < -0.4 is 11.1 Å². The molecule has 8 heteroatoms. The molecule has 0 aliphatic carbocycles. The predicted octanol–water partition coefficient (Wildman–Crippen LogP) is 4.43. The fourth-order valence-electron chi connectivity index (χ4n) is 5.95. The fraction of sp³-hybridized carbons (Fsp3) is 0.636. The molecule has 0 radical (unpaired) electrons. The van der Waals surface area contributed by atoms with Crippen molar-refractivity contribution in [1.82, 2.24) is 15.1 Å². The molecule has 1 saturated heterocycles. The number of carbonyl (C=O) groups is 4. The minimum absolute atomic E-state index is 0.00561. The van der Waals surface area contributed by atoms with E-state index >= 15 is 0 Å². The lowest BCUT2D eigenvalue weighted by molar-refractivity contribution is -0.141. The second-order valence-electron chi connectivity index (χ2n) is 13.4. The number of nitrogens with one attached hydrogen (secondary N) is 1. The quantitative estimate of drug-likeness (QED) is 0.385. The average Bonchev–Trinajstić information content (AvgIpc) is 3.39. The van der Waals surface area contributed by atoms with Gasteiger partial charge in [0.1, 0.15) is 12.1 Å². The number of likely N-dealkylation sites (tertiary alicyclic amines) is 1. The predicted molar refractivity (Wildman–Crippen MR) is 164 cm³/mol. The van der Waals surface area contributed by atoms with E-state index in [9.17, 15) is 19.2 Å². The molecule has 1 aliphatic heterocycles. The molecule has 0 bridgehead atoms. The first-order chi connectivity index (χ1) is 18.9. The molecule has 1 fully saturated rings. The van der Waals surface area contributed by atoms with Crippen molar-refractivity contribution in [3.63, 3.8) is 0 Å². The Balaban J connectivity index is 2.33. The van der Waals surface area contributed by atoms with Crippen LogP contribution in [0.2, 0.25) is 0 Å². The SMILES string of the molecule is CC[C@H](C(=O)N[C@H](C(=O)N(C)[C@H](/C=C(\C)C(=O)N1CCC[C@H]1C(N)=O)C(C)C)C(C)(C)C)C(C)(C)c1ccccc1. The molecule has 228 valence electrons. The van der Waals surface area contributed by atoms with E-state index in [0.717, 1.165) is 12.0 Å². The molecule has 1 aliphatic rings. The van der Waals surface area contributed by atoms with E-state index in [4.69, 9.17) is 5.73 Å². The molecule has 4 amide bonds. The molecule has 1 aromatic carbocycles. The van der Waals surface area contributed by atoms with Crippen molar-refractivity contribution in [1.29, 1.82) is 0 Å². The van der Waals surface area contributed by atoms with Crippen molar-refractivity contribution < 1.29 is 19.2 Å². The van der Waals surface area contributed by atoms with Crippen LogP contribution in [0.25, 0.3) is 0 Å². The van der Waals surface area contributed by atoms with Crippen molar-refractivity contribution in [2.75, 3.05) is 13.6 Å². The highest BCUT2D eigenvalue weighted by Gasteiger charge is 2.41. The van der Waals surface area contributed by atoms with Gasteiger partial charge in [-0.2, -0.15) is 0 Å². The molecule has 0 aromatic heterocycles. The van der Waals surface area contributed by atoms with Gasteiger partial charge in [0, 0.05) is 30.5 Å². The number of rotatable bonds is 11. The van der Waals surface area contributed by atoms with E-state index in [1.165, 1.54) is 4.90 Å². The lowest BCUT2D eigenvalue weighted by atomic mass is 9.71. The molecular weight excluding hydrogens is 516 g/mol. The van der Waals surface area contributed by atoms with E-state index in [1.807, 2.05) is 71.9 Å². The molecular formula is C33H52N4O4. The maximum absolute atomic E-state index is 14.1. The zero-order valence-corrected chi connectivity index (χ0v) is 26.8. The molecule has 41 heavy (non-hydrogen) atoms. The van der Waals surface area contributed by atoms with Crippen molar-refractivity contribution in [3.8, 4) is 0 Å². The van der Waals surface area contributed by atoms with Crippen molar-refractivity contribution in [2.24, 2.45) is 23.0 Å². The van der Waals surface area contributed by atoms with Gasteiger partial charge >= 0.3 is 0 Å². The summed E-state index contributed by atoms with van der Waals surface area (Å²) in [6.07, 6.45) is 3.71. The number of hydrogen-bond donors (Lipinski definition) is 2. The van der Waals surface area contributed by atoms with Crippen LogP contribution >= 0.6 is 0 Å². The second-order valence-corrected chi connectivity index (χ2v) is 13.4. The Bertz CT molecular complexity index is 1120. The van der Waals surface area contributed by atoms with Crippen LogP contribution in [0.15, 0.2) is 42.0 Å². The number of primary amides is 1. The van der Waals surface area contributed by atoms with Gasteiger partial charge in [-0.05, 0) is 43.1 Å². The number of amides is 4. The molecule has 4 atom stereocenters. The molecule has 2 rings (SSSR count). The van der Waals surface area contributed by atoms with E-state index in [0.29, 0.717) is 25.0 Å². The first kappa shape index (κ1) is 34.0. The summed E-state index contributed by atoms with van der Waals surface area (Å²) >= 11 is 0. The van der Waals surface area contributed by atoms with Gasteiger partial charge in [0.15, 0.2) is 0 Å². The lowest BCUT2D eigenvalue weighted by Crippen LogP contribution is -2.58. The third-order valence-electron chi connectivity index (χ3n) is 8.59. The van der Waals surface area contributed by atoms with Crippen molar-refractivity contribution in [2.45, 2.75) is 105 Å². The van der Waals surface area contributed by atoms with Gasteiger partial charge in [-0.3, -0.25) is 19.2 Å². The molecule has 0 spiro atoms. The summed E-state index contributed by atoms with van der Waals surface area (Å²) in [7, 11) is 1.72. The smallest absolute Gasteiger partial charge is 0.249 e. The summed E-state index contributed by atoms with van der Waals surface area (Å²) in [4.78, 5) is 56.2. The third kappa shape index (κ3) is 7.98. The molecule has 1 aromatic rings. The topological polar surface area (TPSA) is 113 Å². The summed E-state index contributed by atoms with van der Waals surface area (Å²) in [5.74, 6) is -1.46. The number of likely N-dealkylation sites (N-methyl/N-ethyl adjacent to an activating group) is 1. The highest BCUT2D eigenvalue weighted by Crippen LogP contribution is 2.35. The monoisotopic (exact) mass is 568 g/mol. The first-order valence-electron chi connectivity index (χ1n) is 14.9. The first-order valence-corrected chi connectivity index (χ1v) is 14.9. The van der Waals surface area contributed by atoms with Gasteiger partial charge in [-0.1, -0.05) is 91.8 Å². The summed E-state index contributed by atoms with van der Waals surface area (Å²) < 4.78 is 0. The van der Waals surface area contributed by atoms with Crippen LogP contribution in [-0.2, 0) is 24.6 Å². The minimum atomic E-state index is -0.774. The fourth-order valence-corrected chi connectivity index (χ4v) is 5.95. The third-order valence-corrected chi connectivity index (χ3v) is 8.59. The van der Waals surface area contributed by atoms with E-state index in [1.54, 1.807) is 24.9 Å². The van der Waals surface area contributed by atoms with Gasteiger partial charge in [0.2, 0.25) is 23.6 Å². The van der Waals surface area contributed by atoms with Crippen molar-refractivity contribution >= 4 is 23.6 Å². The number of nitrogens with two attached hydrogens (primary N) is 1. The summed E-state index contributed by atoms with van der Waals surface area (Å²) in [5.41, 5.74) is 6.07. The highest BCUT2D eigenvalue weighted by atomic mass is 16.2. The number of hydrogen-bond acceptors (Lipinski definition) is 4. The van der Waals surface area contributed by atoms with Crippen LogP contribution in [0.4, 0.5) is 0 Å². The Labute approximate surface area is 247 Å². The minimum Gasteiger partial charge on any atom is -0.368 e. The second kappa shape index (κ2) is 13.7. The summed E-state index contributed by atoms with van der Waals surface area (Å²) in [6, 6.07) is 8.20. The molecule has 0 saturated carbocycles. The van der Waals surface area contributed by atoms with Gasteiger partial charge in [0.05, 0.1) is 6.04 Å². The molecule has 1 heterocycles. The van der Waals surface area contributed by atoms with E-state index < -0.39 is 34.9 Å². The van der Waals surface area contributed by atoms with Crippen LogP contribution in [0.1, 0.15) is 87.1 Å². The van der Waals surface area contributed by atoms with E-state index in [2.05, 4.69) is 19.2 Å². The normalized spacial score (nSPS) is 18.6. The highest BCUT2D eigenvalue weighted by molar-refractivity contribution is 5.97. The van der Waals surface area contributed by atoms with Crippen LogP contribution in [0.5, 0.6) is 0 Å². The van der Waals surface area contributed by atoms with Gasteiger partial charge in [0.25, 0.3) is 0 Å². The Kier molecular flexibility index (Phi) is 11.3. The van der Waals surface area contributed by atoms with Crippen LogP contribution in [0.3, 0.4) is 0 Å². The molecule has 8 nitrogen and oxygen atoms in total. The average molecular weight is 569 g/mol. The molecule has 3 N–H and O–H groups in total. The number of benzene rings is 1. The standard InChI is InChI=1S/C33H52N4O4/c1-11-24(33(8,9)23-16-13-12-14-17-23)29(39)35-27(32(5,6)7)31(41)36(10)26(21(2)3)20-22(4)30(40)37-19-15-18-25(37)28(34)38/h12-14,16-17,20-21,24-27H,11,15,18-19H2,1-10H3,(H2,34,38)(H,35,39)/b22-20+/t24-,25+,26-,27-/m1/s1. The van der Waals surface area contributed by atoms with Gasteiger partial charge in [-0.15, -0.1) is 0 Å². The summed E-state index contributed by atoms with van der Waals surface area (Å²) in [5, 5.41) is 3.12. The zero-order valence-electron chi connectivity index (χ0n) is 26.8. The maximum Gasteiger partial charge on any atom is 0.249 e. The molecule has 0 unspecified atom stereocenters. The Hall–Kier alpha value is -3.16. The zero-order chi connectivity index (χ0) is 31.3. The Morgan fingerprint density at radius 3 is 2.17 bits per heavy atom. The Morgan fingerprint density at radius 1 is 1.10 bits per heavy atom. The number of carbonyl (C=O) groups excluding carboxylic acids is 4. The Morgan fingerprint density at radius 2 is 1.68 bits per heavy atom. The summed E-state index contributed by atoms with van der Waals surface area (Å²) in [6.45, 7) is 18.1. The van der Waals surface area contributed by atoms with Crippen LogP contribution in [0, 0.1) is 17.3 Å². The van der Waals surface area contributed by atoms with Crippen molar-refractivity contribution in [3.05, 3.63) is 47.5 Å². The van der Waals surface area contributed by atoms with E-state index in [-0.39, 0.29) is 29.6 Å². The van der Waals surface area contributed by atoms with Gasteiger partial charge in [-0.25, -0.2) is 0 Å². The largest absolute Gasteiger partial charge is 0.368 e. The maximum atomic E-state index is 14.1.